The third kappa shape index (κ3) is 3.97. The maximum atomic E-state index is 10.7. The summed E-state index contributed by atoms with van der Waals surface area (Å²) in [4.78, 5) is 24.6. The summed E-state index contributed by atoms with van der Waals surface area (Å²) in [5.74, 6) is -0.348. The minimum absolute atomic E-state index is 0.121. The Labute approximate surface area is 109 Å². The highest BCUT2D eigenvalue weighted by Gasteiger charge is 2.22. The molecule has 1 heterocycles. The molecule has 1 aromatic heterocycles. The van der Waals surface area contributed by atoms with Crippen molar-refractivity contribution in [3.8, 4) is 0 Å². The van der Waals surface area contributed by atoms with Crippen LogP contribution in [0, 0.1) is 17.0 Å². The summed E-state index contributed by atoms with van der Waals surface area (Å²) < 4.78 is 0. The van der Waals surface area contributed by atoms with Crippen LogP contribution >= 0.6 is 0 Å². The van der Waals surface area contributed by atoms with E-state index in [1.165, 1.54) is 20.0 Å². The van der Waals surface area contributed by atoms with Crippen LogP contribution in [0.15, 0.2) is 12.3 Å². The Morgan fingerprint density at radius 3 is 2.74 bits per heavy atom. The van der Waals surface area contributed by atoms with Crippen molar-refractivity contribution in [1.82, 2.24) is 10.3 Å². The summed E-state index contributed by atoms with van der Waals surface area (Å²) >= 11 is 0. The summed E-state index contributed by atoms with van der Waals surface area (Å²) in [5, 5.41) is 32.6. The van der Waals surface area contributed by atoms with Crippen LogP contribution in [-0.4, -0.2) is 38.7 Å². The fourth-order valence-electron chi connectivity index (χ4n) is 1.47. The second-order valence-corrected chi connectivity index (χ2v) is 4.08. The number of aliphatic hydroxyl groups excluding tert-OH is 2. The molecule has 8 nitrogen and oxygen atoms in total. The number of carbonyl (C=O) groups excluding carboxylic acids is 1. The molecule has 1 amide bonds. The molecule has 0 radical (unpaired) electrons. The quantitative estimate of drug-likeness (QED) is 0.503. The van der Waals surface area contributed by atoms with E-state index in [1.54, 1.807) is 0 Å². The molecular formula is C11H15N3O5. The van der Waals surface area contributed by atoms with Gasteiger partial charge in [-0.05, 0) is 6.92 Å². The molecule has 0 aromatic carbocycles. The molecule has 104 valence electrons. The standard InChI is InChI=1S/C11H15N3O5/c1-6-9(14(18)19)3-8(4-12-6)11(17)10(16)5-13-7(2)15/h3-4,10-11,16-17H,5H2,1-2H3,(H,13,15). The van der Waals surface area contributed by atoms with Gasteiger partial charge >= 0.3 is 0 Å². The number of aliphatic hydroxyl groups is 2. The number of pyridine rings is 1. The molecule has 1 aromatic rings. The van der Waals surface area contributed by atoms with Crippen molar-refractivity contribution in [2.24, 2.45) is 0 Å². The zero-order chi connectivity index (χ0) is 14.6. The van der Waals surface area contributed by atoms with Gasteiger partial charge in [0.05, 0.1) is 4.92 Å². The highest BCUT2D eigenvalue weighted by molar-refractivity contribution is 5.72. The van der Waals surface area contributed by atoms with Gasteiger partial charge in [0.2, 0.25) is 5.91 Å². The average molecular weight is 269 g/mol. The summed E-state index contributed by atoms with van der Waals surface area (Å²) in [6.45, 7) is 2.59. The third-order valence-corrected chi connectivity index (χ3v) is 2.54. The van der Waals surface area contributed by atoms with Crippen LogP contribution < -0.4 is 5.32 Å². The number of nitro groups is 1. The fourth-order valence-corrected chi connectivity index (χ4v) is 1.47. The molecule has 0 spiro atoms. The number of carbonyl (C=O) groups is 1. The van der Waals surface area contributed by atoms with Crippen LogP contribution in [0.4, 0.5) is 5.69 Å². The lowest BCUT2D eigenvalue weighted by molar-refractivity contribution is -0.385. The fraction of sp³-hybridized carbons (Fsp3) is 0.455. The minimum atomic E-state index is -1.36. The van der Waals surface area contributed by atoms with Crippen molar-refractivity contribution in [1.29, 1.82) is 0 Å². The molecule has 8 heteroatoms. The first-order valence-electron chi connectivity index (χ1n) is 5.54. The van der Waals surface area contributed by atoms with Crippen molar-refractivity contribution < 1.29 is 19.9 Å². The molecule has 1 rings (SSSR count). The summed E-state index contributed by atoms with van der Waals surface area (Å²) in [5.41, 5.74) is 0.107. The lowest BCUT2D eigenvalue weighted by Crippen LogP contribution is -2.34. The predicted molar refractivity (Wildman–Crippen MR) is 65.3 cm³/mol. The molecule has 2 unspecified atom stereocenters. The summed E-state index contributed by atoms with van der Waals surface area (Å²) in [6.07, 6.45) is -1.38. The molecule has 0 saturated heterocycles. The molecule has 0 saturated carbocycles. The van der Waals surface area contributed by atoms with E-state index < -0.39 is 17.1 Å². The number of hydrogen-bond acceptors (Lipinski definition) is 6. The second-order valence-electron chi connectivity index (χ2n) is 4.08. The van der Waals surface area contributed by atoms with Crippen LogP contribution in [-0.2, 0) is 4.79 Å². The SMILES string of the molecule is CC(=O)NCC(O)C(O)c1cnc(C)c([N+](=O)[O-])c1. The second kappa shape index (κ2) is 6.21. The molecule has 0 aliphatic rings. The van der Waals surface area contributed by atoms with Crippen molar-refractivity contribution >= 4 is 11.6 Å². The number of aromatic nitrogens is 1. The maximum Gasteiger partial charge on any atom is 0.290 e. The van der Waals surface area contributed by atoms with Gasteiger partial charge < -0.3 is 15.5 Å². The molecule has 0 aliphatic carbocycles. The van der Waals surface area contributed by atoms with Gasteiger partial charge in [-0.15, -0.1) is 0 Å². The number of rotatable bonds is 5. The van der Waals surface area contributed by atoms with E-state index in [9.17, 15) is 25.1 Å². The van der Waals surface area contributed by atoms with Crippen LogP contribution in [0.25, 0.3) is 0 Å². The average Bonchev–Trinajstić information content (AvgIpc) is 2.35. The Morgan fingerprint density at radius 1 is 1.58 bits per heavy atom. The van der Waals surface area contributed by atoms with E-state index in [0.29, 0.717) is 0 Å². The lowest BCUT2D eigenvalue weighted by Gasteiger charge is -2.18. The first-order valence-corrected chi connectivity index (χ1v) is 5.54. The van der Waals surface area contributed by atoms with Crippen molar-refractivity contribution in [3.63, 3.8) is 0 Å². The molecule has 2 atom stereocenters. The van der Waals surface area contributed by atoms with Gasteiger partial charge in [-0.3, -0.25) is 19.9 Å². The number of amides is 1. The highest BCUT2D eigenvalue weighted by atomic mass is 16.6. The van der Waals surface area contributed by atoms with Crippen LogP contribution in [0.1, 0.15) is 24.3 Å². The van der Waals surface area contributed by atoms with E-state index in [2.05, 4.69) is 10.3 Å². The van der Waals surface area contributed by atoms with Crippen LogP contribution in [0.2, 0.25) is 0 Å². The smallest absolute Gasteiger partial charge is 0.290 e. The van der Waals surface area contributed by atoms with Gasteiger partial charge in [0, 0.05) is 31.3 Å². The maximum absolute atomic E-state index is 10.7. The van der Waals surface area contributed by atoms with Gasteiger partial charge in [0.25, 0.3) is 5.69 Å². The largest absolute Gasteiger partial charge is 0.388 e. The van der Waals surface area contributed by atoms with E-state index in [-0.39, 0.29) is 29.4 Å². The van der Waals surface area contributed by atoms with Gasteiger partial charge in [-0.2, -0.15) is 0 Å². The number of hydrogen-bond donors (Lipinski definition) is 3. The Morgan fingerprint density at radius 2 is 2.21 bits per heavy atom. The highest BCUT2D eigenvalue weighted by Crippen LogP contribution is 2.23. The van der Waals surface area contributed by atoms with E-state index >= 15 is 0 Å². The summed E-state index contributed by atoms with van der Waals surface area (Å²) in [6, 6.07) is 1.16. The molecule has 0 fully saturated rings. The van der Waals surface area contributed by atoms with Crippen molar-refractivity contribution in [2.45, 2.75) is 26.1 Å². The monoisotopic (exact) mass is 269 g/mol. The number of nitrogens with zero attached hydrogens (tertiary/aromatic N) is 2. The van der Waals surface area contributed by atoms with E-state index in [4.69, 9.17) is 0 Å². The first kappa shape index (κ1) is 15.0. The molecule has 0 aliphatic heterocycles. The van der Waals surface area contributed by atoms with E-state index in [0.717, 1.165) is 6.07 Å². The number of aryl methyl sites for hydroxylation is 1. The van der Waals surface area contributed by atoms with Gasteiger partial charge in [0.1, 0.15) is 17.9 Å². The van der Waals surface area contributed by atoms with Crippen LogP contribution in [0.3, 0.4) is 0 Å². The Balaban J connectivity index is 2.87. The summed E-state index contributed by atoms with van der Waals surface area (Å²) in [7, 11) is 0. The topological polar surface area (TPSA) is 126 Å². The van der Waals surface area contributed by atoms with Gasteiger partial charge in [-0.25, -0.2) is 0 Å². The van der Waals surface area contributed by atoms with Crippen molar-refractivity contribution in [3.05, 3.63) is 33.6 Å². The lowest BCUT2D eigenvalue weighted by atomic mass is 10.1. The molecule has 0 bridgehead atoms. The van der Waals surface area contributed by atoms with Crippen molar-refractivity contribution in [2.75, 3.05) is 6.54 Å². The number of nitrogens with one attached hydrogen (secondary N) is 1. The third-order valence-electron chi connectivity index (χ3n) is 2.54. The van der Waals surface area contributed by atoms with Gasteiger partial charge in [-0.1, -0.05) is 0 Å². The Kier molecular flexibility index (Phi) is 4.90. The normalized spacial score (nSPS) is 13.7. The Bertz CT molecular complexity index is 491. The molecule has 19 heavy (non-hydrogen) atoms. The van der Waals surface area contributed by atoms with Gasteiger partial charge in [0.15, 0.2) is 0 Å². The molecular weight excluding hydrogens is 254 g/mol. The minimum Gasteiger partial charge on any atom is -0.388 e. The van der Waals surface area contributed by atoms with Crippen LogP contribution in [0.5, 0.6) is 0 Å². The Hall–Kier alpha value is -2.06. The predicted octanol–water partition coefficient (Wildman–Crippen LogP) is -0.171. The zero-order valence-electron chi connectivity index (χ0n) is 10.5. The molecule has 3 N–H and O–H groups in total. The first-order chi connectivity index (χ1) is 8.82. The van der Waals surface area contributed by atoms with E-state index in [1.807, 2.05) is 0 Å². The zero-order valence-corrected chi connectivity index (χ0v) is 10.5.